The fourth-order valence-electron chi connectivity index (χ4n) is 2.63. The number of ether oxygens (including phenoxy) is 3. The normalized spacial score (nSPS) is 10.4. The van der Waals surface area contributed by atoms with Crippen LogP contribution < -0.4 is 14.2 Å². The highest BCUT2D eigenvalue weighted by molar-refractivity contribution is 5.94. The zero-order valence-electron chi connectivity index (χ0n) is 16.1. The number of nitrogens with zero attached hydrogens (tertiary/aromatic N) is 3. The second kappa shape index (κ2) is 8.43. The Morgan fingerprint density at radius 3 is 2.32 bits per heavy atom. The largest absolute Gasteiger partial charge is 0.497 e. The predicted molar refractivity (Wildman–Crippen MR) is 102 cm³/mol. The number of hydrogen-bond acceptors (Lipinski definition) is 7. The number of benzene rings is 2. The third kappa shape index (κ3) is 4.06. The monoisotopic (exact) mass is 383 g/mol. The third-order valence-corrected chi connectivity index (χ3v) is 4.15. The number of rotatable bonds is 7. The Labute approximate surface area is 162 Å². The summed E-state index contributed by atoms with van der Waals surface area (Å²) in [6, 6.07) is 12.2. The van der Waals surface area contributed by atoms with Gasteiger partial charge in [-0.3, -0.25) is 4.79 Å². The molecule has 0 aliphatic carbocycles. The highest BCUT2D eigenvalue weighted by Crippen LogP contribution is 2.31. The van der Waals surface area contributed by atoms with Gasteiger partial charge in [-0.25, -0.2) is 0 Å². The molecule has 1 heterocycles. The molecule has 0 saturated heterocycles. The summed E-state index contributed by atoms with van der Waals surface area (Å²) >= 11 is 0. The minimum atomic E-state index is -0.159. The summed E-state index contributed by atoms with van der Waals surface area (Å²) in [5.41, 5.74) is 1.24. The second-order valence-electron chi connectivity index (χ2n) is 5.96. The van der Waals surface area contributed by atoms with Crippen LogP contribution in [-0.4, -0.2) is 49.4 Å². The first-order valence-electron chi connectivity index (χ1n) is 8.50. The molecule has 3 rings (SSSR count). The van der Waals surface area contributed by atoms with E-state index in [4.69, 9.17) is 18.6 Å². The molecular weight excluding hydrogens is 362 g/mol. The van der Waals surface area contributed by atoms with E-state index in [-0.39, 0.29) is 12.5 Å². The van der Waals surface area contributed by atoms with Gasteiger partial charge in [0.15, 0.2) is 11.5 Å². The molecule has 0 fully saturated rings. The minimum absolute atomic E-state index is 0.159. The van der Waals surface area contributed by atoms with Crippen molar-refractivity contribution in [2.45, 2.75) is 6.54 Å². The van der Waals surface area contributed by atoms with E-state index in [1.165, 1.54) is 4.90 Å². The Morgan fingerprint density at radius 2 is 1.68 bits per heavy atom. The number of methoxy groups -OCH3 is 3. The quantitative estimate of drug-likeness (QED) is 0.620. The van der Waals surface area contributed by atoms with Crippen LogP contribution in [0, 0.1) is 0 Å². The highest BCUT2D eigenvalue weighted by atomic mass is 16.5. The number of carbonyl (C=O) groups is 1. The van der Waals surface area contributed by atoms with Crippen molar-refractivity contribution in [1.29, 1.82) is 0 Å². The topological polar surface area (TPSA) is 86.9 Å². The number of hydrogen-bond donors (Lipinski definition) is 0. The van der Waals surface area contributed by atoms with E-state index in [1.54, 1.807) is 70.8 Å². The molecule has 1 aromatic heterocycles. The molecule has 8 heteroatoms. The molecule has 0 unspecified atom stereocenters. The Kier molecular flexibility index (Phi) is 5.78. The first kappa shape index (κ1) is 19.2. The first-order valence-corrected chi connectivity index (χ1v) is 8.50. The lowest BCUT2D eigenvalue weighted by Crippen LogP contribution is -2.26. The summed E-state index contributed by atoms with van der Waals surface area (Å²) in [6.07, 6.45) is 0. The van der Waals surface area contributed by atoms with Gasteiger partial charge in [-0.05, 0) is 42.5 Å². The molecule has 0 saturated carbocycles. The second-order valence-corrected chi connectivity index (χ2v) is 5.96. The SMILES string of the molecule is COc1ccc(C(=O)N(C)Cc2nnc(-c3ccc(OC)c(OC)c3)o2)cc1. The molecule has 0 aliphatic rings. The van der Waals surface area contributed by atoms with Gasteiger partial charge in [-0.15, -0.1) is 10.2 Å². The van der Waals surface area contributed by atoms with Crippen molar-refractivity contribution >= 4 is 5.91 Å². The average molecular weight is 383 g/mol. The molecule has 146 valence electrons. The summed E-state index contributed by atoms with van der Waals surface area (Å²) in [4.78, 5) is 14.1. The molecule has 0 bridgehead atoms. The number of amides is 1. The fraction of sp³-hybridized carbons (Fsp3) is 0.250. The maximum absolute atomic E-state index is 12.5. The highest BCUT2D eigenvalue weighted by Gasteiger charge is 2.17. The minimum Gasteiger partial charge on any atom is -0.497 e. The van der Waals surface area contributed by atoms with Gasteiger partial charge in [0.2, 0.25) is 11.8 Å². The molecule has 28 heavy (non-hydrogen) atoms. The molecule has 0 spiro atoms. The molecule has 3 aromatic rings. The van der Waals surface area contributed by atoms with Gasteiger partial charge < -0.3 is 23.5 Å². The van der Waals surface area contributed by atoms with Crippen molar-refractivity contribution < 1.29 is 23.4 Å². The van der Waals surface area contributed by atoms with Gasteiger partial charge in [0.25, 0.3) is 5.91 Å². The van der Waals surface area contributed by atoms with Gasteiger partial charge in [-0.1, -0.05) is 0 Å². The third-order valence-electron chi connectivity index (χ3n) is 4.15. The van der Waals surface area contributed by atoms with Crippen molar-refractivity contribution in [2.24, 2.45) is 0 Å². The molecule has 0 radical (unpaired) electrons. The predicted octanol–water partition coefficient (Wildman–Crippen LogP) is 3.03. The lowest BCUT2D eigenvalue weighted by molar-refractivity contribution is 0.0773. The van der Waals surface area contributed by atoms with E-state index in [0.29, 0.717) is 40.2 Å². The first-order chi connectivity index (χ1) is 13.5. The Hall–Kier alpha value is -3.55. The lowest BCUT2D eigenvalue weighted by atomic mass is 10.2. The van der Waals surface area contributed by atoms with Crippen LogP contribution in [0.3, 0.4) is 0 Å². The van der Waals surface area contributed by atoms with Crippen LogP contribution in [0.2, 0.25) is 0 Å². The van der Waals surface area contributed by atoms with Crippen LogP contribution in [-0.2, 0) is 6.54 Å². The molecule has 2 aromatic carbocycles. The van der Waals surface area contributed by atoms with E-state index < -0.39 is 0 Å². The number of aromatic nitrogens is 2. The summed E-state index contributed by atoms with van der Waals surface area (Å²) in [7, 11) is 6.37. The zero-order valence-corrected chi connectivity index (χ0v) is 16.1. The van der Waals surface area contributed by atoms with Gasteiger partial charge in [0.05, 0.1) is 27.9 Å². The summed E-state index contributed by atoms with van der Waals surface area (Å²) in [5.74, 6) is 2.36. The Morgan fingerprint density at radius 1 is 0.964 bits per heavy atom. The lowest BCUT2D eigenvalue weighted by Gasteiger charge is -2.15. The molecule has 0 aliphatic heterocycles. The maximum atomic E-state index is 12.5. The standard InChI is InChI=1S/C20H21N3O5/c1-23(20(24)13-5-8-15(25-2)9-6-13)12-18-21-22-19(28-18)14-7-10-16(26-3)17(11-14)27-4/h5-11H,12H2,1-4H3. The van der Waals surface area contributed by atoms with Crippen LogP contribution in [0.5, 0.6) is 17.2 Å². The van der Waals surface area contributed by atoms with Crippen LogP contribution in [0.4, 0.5) is 0 Å². The molecule has 0 atom stereocenters. The molecule has 0 N–H and O–H groups in total. The molecular formula is C20H21N3O5. The summed E-state index contributed by atoms with van der Waals surface area (Å²) < 4.78 is 21.3. The van der Waals surface area contributed by atoms with Crippen LogP contribution >= 0.6 is 0 Å². The van der Waals surface area contributed by atoms with E-state index in [1.807, 2.05) is 0 Å². The van der Waals surface area contributed by atoms with Crippen molar-refractivity contribution in [3.63, 3.8) is 0 Å². The fourth-order valence-corrected chi connectivity index (χ4v) is 2.63. The van der Waals surface area contributed by atoms with Gasteiger partial charge in [-0.2, -0.15) is 0 Å². The van der Waals surface area contributed by atoms with Crippen molar-refractivity contribution in [3.05, 3.63) is 53.9 Å². The van der Waals surface area contributed by atoms with Crippen LogP contribution in [0.1, 0.15) is 16.2 Å². The van der Waals surface area contributed by atoms with E-state index >= 15 is 0 Å². The van der Waals surface area contributed by atoms with E-state index in [0.717, 1.165) is 0 Å². The molecule has 8 nitrogen and oxygen atoms in total. The van der Waals surface area contributed by atoms with E-state index in [9.17, 15) is 4.79 Å². The van der Waals surface area contributed by atoms with Gasteiger partial charge >= 0.3 is 0 Å². The van der Waals surface area contributed by atoms with Gasteiger partial charge in [0, 0.05) is 18.2 Å². The van der Waals surface area contributed by atoms with E-state index in [2.05, 4.69) is 10.2 Å². The Balaban J connectivity index is 1.72. The van der Waals surface area contributed by atoms with Crippen LogP contribution in [0.15, 0.2) is 46.9 Å². The van der Waals surface area contributed by atoms with Crippen LogP contribution in [0.25, 0.3) is 11.5 Å². The Bertz CT molecular complexity index is 953. The smallest absolute Gasteiger partial charge is 0.254 e. The zero-order chi connectivity index (χ0) is 20.1. The molecule has 1 amide bonds. The van der Waals surface area contributed by atoms with Crippen molar-refractivity contribution in [1.82, 2.24) is 15.1 Å². The van der Waals surface area contributed by atoms with Crippen molar-refractivity contribution in [3.8, 4) is 28.7 Å². The number of carbonyl (C=O) groups excluding carboxylic acids is 1. The average Bonchev–Trinajstić information content (AvgIpc) is 3.21. The van der Waals surface area contributed by atoms with Gasteiger partial charge in [0.1, 0.15) is 5.75 Å². The maximum Gasteiger partial charge on any atom is 0.254 e. The summed E-state index contributed by atoms with van der Waals surface area (Å²) in [6.45, 7) is 0.186. The van der Waals surface area contributed by atoms with Crippen molar-refractivity contribution in [2.75, 3.05) is 28.4 Å². The summed E-state index contributed by atoms with van der Waals surface area (Å²) in [5, 5.41) is 8.09.